The van der Waals surface area contributed by atoms with Gasteiger partial charge in [-0.05, 0) is 43.9 Å². The third-order valence-corrected chi connectivity index (χ3v) is 6.81. The van der Waals surface area contributed by atoms with Gasteiger partial charge in [-0.2, -0.15) is 0 Å². The zero-order chi connectivity index (χ0) is 22.2. The third-order valence-electron chi connectivity index (χ3n) is 5.66. The lowest BCUT2D eigenvalue weighted by Gasteiger charge is -2.32. The number of anilines is 1. The van der Waals surface area contributed by atoms with E-state index in [1.54, 1.807) is 25.6 Å². The van der Waals surface area contributed by atoms with Crippen molar-refractivity contribution >= 4 is 22.4 Å². The lowest BCUT2D eigenvalue weighted by Crippen LogP contribution is -2.35. The van der Waals surface area contributed by atoms with Crippen molar-refractivity contribution in [3.63, 3.8) is 0 Å². The van der Waals surface area contributed by atoms with Crippen LogP contribution in [-0.2, 0) is 17.9 Å². The first kappa shape index (κ1) is 23.3. The second-order valence-corrected chi connectivity index (χ2v) is 9.33. The maximum atomic E-state index is 12.4. The Morgan fingerprint density at radius 1 is 1.32 bits per heavy atom. The molecule has 1 atom stereocenters. The zero-order valence-electron chi connectivity index (χ0n) is 19.0. The van der Waals surface area contributed by atoms with E-state index in [1.807, 2.05) is 43.4 Å². The number of thiazole rings is 1. The number of rotatable bonds is 10. The van der Waals surface area contributed by atoms with E-state index in [0.29, 0.717) is 18.9 Å². The maximum Gasteiger partial charge on any atom is 0.220 e. The van der Waals surface area contributed by atoms with Gasteiger partial charge in [-0.15, -0.1) is 11.3 Å². The van der Waals surface area contributed by atoms with Crippen LogP contribution in [0, 0.1) is 5.92 Å². The first-order valence-electron chi connectivity index (χ1n) is 10.8. The van der Waals surface area contributed by atoms with Crippen molar-refractivity contribution in [1.29, 1.82) is 0 Å². The molecule has 0 bridgehead atoms. The van der Waals surface area contributed by atoms with E-state index in [0.717, 1.165) is 48.2 Å². The summed E-state index contributed by atoms with van der Waals surface area (Å²) in [5.74, 6) is 2.12. The normalized spacial score (nSPS) is 16.7. The lowest BCUT2D eigenvalue weighted by molar-refractivity contribution is -0.121. The fourth-order valence-corrected chi connectivity index (χ4v) is 4.82. The number of ether oxygens (including phenoxy) is 2. The third kappa shape index (κ3) is 6.83. The first-order chi connectivity index (χ1) is 15.0. The van der Waals surface area contributed by atoms with Gasteiger partial charge in [-0.3, -0.25) is 9.69 Å². The van der Waals surface area contributed by atoms with Gasteiger partial charge in [0.15, 0.2) is 5.13 Å². The van der Waals surface area contributed by atoms with E-state index in [4.69, 9.17) is 9.47 Å². The highest BCUT2D eigenvalue weighted by atomic mass is 32.1. The van der Waals surface area contributed by atoms with Crippen LogP contribution >= 0.6 is 11.3 Å². The van der Waals surface area contributed by atoms with Crippen molar-refractivity contribution in [3.05, 3.63) is 34.8 Å². The van der Waals surface area contributed by atoms with Crippen molar-refractivity contribution < 1.29 is 14.3 Å². The molecule has 2 heterocycles. The van der Waals surface area contributed by atoms with Gasteiger partial charge in [-0.1, -0.05) is 0 Å². The number of nitrogens with zero attached hydrogens (tertiary/aromatic N) is 3. The number of carbonyl (C=O) groups excluding carboxylic acids is 1. The Morgan fingerprint density at radius 2 is 2.16 bits per heavy atom. The molecule has 0 unspecified atom stereocenters. The Hall–Kier alpha value is -2.32. The molecule has 1 amide bonds. The van der Waals surface area contributed by atoms with E-state index in [-0.39, 0.29) is 5.91 Å². The van der Waals surface area contributed by atoms with Crippen molar-refractivity contribution in [2.45, 2.75) is 38.8 Å². The highest BCUT2D eigenvalue weighted by Crippen LogP contribution is 2.27. The predicted octanol–water partition coefficient (Wildman–Crippen LogP) is 3.53. The van der Waals surface area contributed by atoms with Crippen LogP contribution in [0.4, 0.5) is 5.13 Å². The van der Waals surface area contributed by atoms with Crippen LogP contribution in [0.1, 0.15) is 36.1 Å². The Labute approximate surface area is 189 Å². The number of carbonyl (C=O) groups is 1. The van der Waals surface area contributed by atoms with Gasteiger partial charge < -0.3 is 19.7 Å². The standard InChI is InChI=1S/C23H34N4O3S/c1-26(2)23-25-14-20(31-23)16-27-11-5-6-17(15-27)7-10-22(28)24-13-18-8-9-19(29-3)12-21(18)30-4/h8-9,12,14,17H,5-7,10-11,13,15-16H2,1-4H3,(H,24,28)/t17-/m0/s1. The molecule has 0 aliphatic carbocycles. The smallest absolute Gasteiger partial charge is 0.220 e. The van der Waals surface area contributed by atoms with E-state index in [1.165, 1.54) is 17.7 Å². The monoisotopic (exact) mass is 446 g/mol. The Bertz CT molecular complexity index is 855. The molecule has 3 rings (SSSR count). The Kier molecular flexibility index (Phi) is 8.54. The van der Waals surface area contributed by atoms with E-state index >= 15 is 0 Å². The van der Waals surface area contributed by atoms with Crippen molar-refractivity contribution in [2.75, 3.05) is 46.3 Å². The average molecular weight is 447 g/mol. The predicted molar refractivity (Wildman–Crippen MR) is 125 cm³/mol. The lowest BCUT2D eigenvalue weighted by atomic mass is 9.93. The topological polar surface area (TPSA) is 66.9 Å². The van der Waals surface area contributed by atoms with Gasteiger partial charge in [0, 0.05) is 62.9 Å². The van der Waals surface area contributed by atoms with Crippen LogP contribution in [0.15, 0.2) is 24.4 Å². The molecule has 1 aliphatic rings. The van der Waals surface area contributed by atoms with Gasteiger partial charge in [-0.25, -0.2) is 4.98 Å². The molecule has 31 heavy (non-hydrogen) atoms. The van der Waals surface area contributed by atoms with E-state index < -0.39 is 0 Å². The van der Waals surface area contributed by atoms with Crippen LogP contribution in [0.5, 0.6) is 11.5 Å². The van der Waals surface area contributed by atoms with Crippen LogP contribution < -0.4 is 19.7 Å². The Balaban J connectivity index is 1.42. The van der Waals surface area contributed by atoms with Crippen molar-refractivity contribution in [3.8, 4) is 11.5 Å². The molecular formula is C23H34N4O3S. The molecule has 0 radical (unpaired) electrons. The zero-order valence-corrected chi connectivity index (χ0v) is 19.8. The van der Waals surface area contributed by atoms with Crippen LogP contribution in [0.3, 0.4) is 0 Å². The second-order valence-electron chi connectivity index (χ2n) is 8.24. The molecule has 1 saturated heterocycles. The van der Waals surface area contributed by atoms with Gasteiger partial charge in [0.2, 0.25) is 5.91 Å². The minimum absolute atomic E-state index is 0.0908. The molecule has 1 aromatic heterocycles. The summed E-state index contributed by atoms with van der Waals surface area (Å²) < 4.78 is 10.6. The van der Waals surface area contributed by atoms with E-state index in [2.05, 4.69) is 15.2 Å². The number of nitrogens with one attached hydrogen (secondary N) is 1. The molecule has 7 nitrogen and oxygen atoms in total. The maximum absolute atomic E-state index is 12.4. The molecule has 0 saturated carbocycles. The Morgan fingerprint density at radius 3 is 2.87 bits per heavy atom. The van der Waals surface area contributed by atoms with Crippen molar-refractivity contribution in [2.24, 2.45) is 5.92 Å². The number of aromatic nitrogens is 1. The summed E-state index contributed by atoms with van der Waals surface area (Å²) in [4.78, 5) is 22.7. The van der Waals surface area contributed by atoms with E-state index in [9.17, 15) is 4.79 Å². The van der Waals surface area contributed by atoms with Gasteiger partial charge in [0.05, 0.1) is 14.2 Å². The summed E-state index contributed by atoms with van der Waals surface area (Å²) in [5, 5.41) is 4.08. The number of piperidine rings is 1. The molecule has 1 N–H and O–H groups in total. The number of benzene rings is 1. The number of methoxy groups -OCH3 is 2. The summed E-state index contributed by atoms with van der Waals surface area (Å²) in [7, 11) is 7.30. The molecule has 170 valence electrons. The average Bonchev–Trinajstić information content (AvgIpc) is 3.25. The van der Waals surface area contributed by atoms with Gasteiger partial charge in [0.25, 0.3) is 0 Å². The SMILES string of the molecule is COc1ccc(CNC(=O)CC[C@@H]2CCCN(Cc3cnc(N(C)C)s3)C2)c(OC)c1. The summed E-state index contributed by atoms with van der Waals surface area (Å²) in [6.45, 7) is 3.58. The minimum Gasteiger partial charge on any atom is -0.497 e. The van der Waals surface area contributed by atoms with Crippen LogP contribution in [-0.4, -0.2) is 57.2 Å². The number of likely N-dealkylation sites (tertiary alicyclic amines) is 1. The molecule has 8 heteroatoms. The molecule has 0 spiro atoms. The highest BCUT2D eigenvalue weighted by molar-refractivity contribution is 7.15. The molecular weight excluding hydrogens is 412 g/mol. The van der Waals surface area contributed by atoms with Crippen LogP contribution in [0.2, 0.25) is 0 Å². The molecule has 1 aliphatic heterocycles. The fourth-order valence-electron chi connectivity index (χ4n) is 3.94. The fraction of sp³-hybridized carbons (Fsp3) is 0.565. The largest absolute Gasteiger partial charge is 0.497 e. The summed E-state index contributed by atoms with van der Waals surface area (Å²) in [5.41, 5.74) is 0.946. The first-order valence-corrected chi connectivity index (χ1v) is 11.6. The van der Waals surface area contributed by atoms with Crippen LogP contribution in [0.25, 0.3) is 0 Å². The number of amides is 1. The minimum atomic E-state index is 0.0908. The molecule has 1 fully saturated rings. The number of hydrogen-bond acceptors (Lipinski definition) is 7. The second kappa shape index (κ2) is 11.3. The molecule has 2 aromatic rings. The van der Waals surface area contributed by atoms with Gasteiger partial charge >= 0.3 is 0 Å². The summed E-state index contributed by atoms with van der Waals surface area (Å²) in [6, 6.07) is 5.64. The summed E-state index contributed by atoms with van der Waals surface area (Å²) in [6.07, 6.45) is 5.86. The van der Waals surface area contributed by atoms with Gasteiger partial charge in [0.1, 0.15) is 11.5 Å². The highest BCUT2D eigenvalue weighted by Gasteiger charge is 2.21. The quantitative estimate of drug-likeness (QED) is 0.602. The van der Waals surface area contributed by atoms with Crippen molar-refractivity contribution in [1.82, 2.24) is 15.2 Å². The molecule has 1 aromatic carbocycles. The number of hydrogen-bond donors (Lipinski definition) is 1. The summed E-state index contributed by atoms with van der Waals surface area (Å²) >= 11 is 1.75.